The maximum atomic E-state index is 12.6. The Hall–Kier alpha value is -1.38. The normalized spacial score (nSPS) is 16.3. The third kappa shape index (κ3) is 2.13. The minimum absolute atomic E-state index is 0.243. The van der Waals surface area contributed by atoms with E-state index in [1.807, 2.05) is 4.57 Å². The van der Waals surface area contributed by atoms with Gasteiger partial charge in [0.1, 0.15) is 17.0 Å². The van der Waals surface area contributed by atoms with Crippen molar-refractivity contribution < 1.29 is 8.42 Å². The van der Waals surface area contributed by atoms with E-state index in [2.05, 4.69) is 10.2 Å². The maximum absolute atomic E-state index is 12.6. The molecule has 0 aromatic carbocycles. The lowest BCUT2D eigenvalue weighted by molar-refractivity contribution is 0.335. The first-order valence-electron chi connectivity index (χ1n) is 6.10. The van der Waals surface area contributed by atoms with Gasteiger partial charge in [0.05, 0.1) is 12.4 Å². The Bertz CT molecular complexity index is 736. The van der Waals surface area contributed by atoms with Gasteiger partial charge in [0.15, 0.2) is 0 Å². The van der Waals surface area contributed by atoms with E-state index < -0.39 is 10.0 Å². The topological polar surface area (TPSA) is 73.0 Å². The Balaban J connectivity index is 1.92. The highest BCUT2D eigenvalue weighted by Gasteiger charge is 2.30. The van der Waals surface area contributed by atoms with Crippen molar-refractivity contribution in [1.29, 1.82) is 0 Å². The van der Waals surface area contributed by atoms with Crippen molar-refractivity contribution in [2.75, 3.05) is 6.54 Å². The Morgan fingerprint density at radius 2 is 2.20 bits per heavy atom. The molecule has 0 amide bonds. The molecule has 20 heavy (non-hydrogen) atoms. The first-order chi connectivity index (χ1) is 9.52. The van der Waals surface area contributed by atoms with E-state index >= 15 is 0 Å². The zero-order valence-electron chi connectivity index (χ0n) is 10.9. The summed E-state index contributed by atoms with van der Waals surface area (Å²) in [4.78, 5) is 0.267. The zero-order valence-corrected chi connectivity index (χ0v) is 12.5. The molecule has 0 saturated carbocycles. The number of halogens is 1. The lowest BCUT2D eigenvalue weighted by Crippen LogP contribution is -2.38. The minimum Gasteiger partial charge on any atom is -0.352 e. The van der Waals surface area contributed by atoms with Crippen LogP contribution in [0.4, 0.5) is 0 Å². The second kappa shape index (κ2) is 4.87. The highest BCUT2D eigenvalue weighted by atomic mass is 35.5. The SMILES string of the molecule is Cn1cc(S(=O)(=O)N2CCn3cnnc3C2)cc1CCl. The molecule has 3 heterocycles. The zero-order chi connectivity index (χ0) is 14.3. The lowest BCUT2D eigenvalue weighted by Gasteiger charge is -2.25. The summed E-state index contributed by atoms with van der Waals surface area (Å²) < 4.78 is 30.2. The highest BCUT2D eigenvalue weighted by molar-refractivity contribution is 7.89. The van der Waals surface area contributed by atoms with E-state index in [0.29, 0.717) is 18.9 Å². The van der Waals surface area contributed by atoms with Crippen molar-refractivity contribution >= 4 is 21.6 Å². The van der Waals surface area contributed by atoms with Crippen molar-refractivity contribution in [2.45, 2.75) is 23.9 Å². The van der Waals surface area contributed by atoms with Crippen LogP contribution in [0.2, 0.25) is 0 Å². The van der Waals surface area contributed by atoms with Crippen molar-refractivity contribution in [3.63, 3.8) is 0 Å². The van der Waals surface area contributed by atoms with Crippen LogP contribution < -0.4 is 0 Å². The fourth-order valence-electron chi connectivity index (χ4n) is 2.25. The number of sulfonamides is 1. The van der Waals surface area contributed by atoms with E-state index in [1.54, 1.807) is 30.2 Å². The molecule has 2 aromatic rings. The molecular formula is C11H14ClN5O2S. The van der Waals surface area contributed by atoms with E-state index in [-0.39, 0.29) is 17.3 Å². The molecule has 0 fully saturated rings. The molecule has 0 N–H and O–H groups in total. The average molecular weight is 316 g/mol. The molecule has 0 aliphatic carbocycles. The first-order valence-corrected chi connectivity index (χ1v) is 8.08. The number of alkyl halides is 1. The number of aryl methyl sites for hydroxylation is 1. The molecule has 0 unspecified atom stereocenters. The van der Waals surface area contributed by atoms with Crippen LogP contribution in [-0.2, 0) is 36.0 Å². The average Bonchev–Trinajstić information content (AvgIpc) is 3.03. The number of hydrogen-bond acceptors (Lipinski definition) is 4. The Labute approximate surface area is 121 Å². The van der Waals surface area contributed by atoms with Crippen molar-refractivity contribution in [3.8, 4) is 0 Å². The Morgan fingerprint density at radius 3 is 2.90 bits per heavy atom. The van der Waals surface area contributed by atoms with Crippen molar-refractivity contribution in [1.82, 2.24) is 23.6 Å². The van der Waals surface area contributed by atoms with Crippen LogP contribution in [0.25, 0.3) is 0 Å². The van der Waals surface area contributed by atoms with E-state index in [0.717, 1.165) is 5.69 Å². The molecule has 1 aliphatic rings. The second-order valence-electron chi connectivity index (χ2n) is 4.69. The summed E-state index contributed by atoms with van der Waals surface area (Å²) in [5.41, 5.74) is 0.769. The molecule has 0 atom stereocenters. The molecule has 9 heteroatoms. The molecule has 0 bridgehead atoms. The van der Waals surface area contributed by atoms with Crippen molar-refractivity contribution in [3.05, 3.63) is 30.1 Å². The highest BCUT2D eigenvalue weighted by Crippen LogP contribution is 2.22. The fraction of sp³-hybridized carbons (Fsp3) is 0.455. The molecule has 3 rings (SSSR count). The molecule has 0 radical (unpaired) electrons. The number of fused-ring (bicyclic) bond motifs is 1. The summed E-state index contributed by atoms with van der Waals surface area (Å²) in [5, 5.41) is 7.73. The van der Waals surface area contributed by atoms with Gasteiger partial charge in [0.2, 0.25) is 10.0 Å². The van der Waals surface area contributed by atoms with Crippen LogP contribution >= 0.6 is 11.6 Å². The molecule has 2 aromatic heterocycles. The molecule has 108 valence electrons. The van der Waals surface area contributed by atoms with Crippen LogP contribution in [0.1, 0.15) is 11.5 Å². The van der Waals surface area contributed by atoms with Crippen LogP contribution in [0.5, 0.6) is 0 Å². The minimum atomic E-state index is -3.52. The number of aromatic nitrogens is 4. The van der Waals surface area contributed by atoms with Gasteiger partial charge in [0.25, 0.3) is 0 Å². The van der Waals surface area contributed by atoms with Gasteiger partial charge in [-0.25, -0.2) is 8.42 Å². The summed E-state index contributed by atoms with van der Waals surface area (Å²) in [5.74, 6) is 0.939. The molecule has 0 saturated heterocycles. The van der Waals surface area contributed by atoms with Crippen LogP contribution in [-0.4, -0.2) is 38.6 Å². The Kier molecular flexibility index (Phi) is 3.31. The summed E-state index contributed by atoms with van der Waals surface area (Å²) >= 11 is 5.78. The standard InChI is InChI=1S/C11H14ClN5O2S/c1-15-6-10(4-9(15)5-12)20(18,19)17-3-2-16-8-13-14-11(16)7-17/h4,6,8H,2-3,5,7H2,1H3. The van der Waals surface area contributed by atoms with Crippen molar-refractivity contribution in [2.24, 2.45) is 7.05 Å². The summed E-state index contributed by atoms with van der Waals surface area (Å²) in [6.07, 6.45) is 3.21. The number of nitrogens with zero attached hydrogens (tertiary/aromatic N) is 5. The largest absolute Gasteiger partial charge is 0.352 e. The Morgan fingerprint density at radius 1 is 1.40 bits per heavy atom. The smallest absolute Gasteiger partial charge is 0.245 e. The molecule has 7 nitrogen and oxygen atoms in total. The summed E-state index contributed by atoms with van der Waals surface area (Å²) in [7, 11) is -1.74. The monoisotopic (exact) mass is 315 g/mol. The van der Waals surface area contributed by atoms with Crippen LogP contribution in [0, 0.1) is 0 Å². The predicted octanol–water partition coefficient (Wildman–Crippen LogP) is 0.560. The van der Waals surface area contributed by atoms with Gasteiger partial charge in [-0.15, -0.1) is 21.8 Å². The molecular weight excluding hydrogens is 302 g/mol. The van der Waals surface area contributed by atoms with E-state index in [9.17, 15) is 8.42 Å². The van der Waals surface area contributed by atoms with Gasteiger partial charge in [-0.05, 0) is 6.07 Å². The van der Waals surface area contributed by atoms with Gasteiger partial charge < -0.3 is 9.13 Å². The molecule has 0 spiro atoms. The number of hydrogen-bond donors (Lipinski definition) is 0. The maximum Gasteiger partial charge on any atom is 0.245 e. The first kappa shape index (κ1) is 13.6. The van der Waals surface area contributed by atoms with Crippen LogP contribution in [0.3, 0.4) is 0 Å². The van der Waals surface area contributed by atoms with Gasteiger partial charge in [0, 0.05) is 32.0 Å². The van der Waals surface area contributed by atoms with Crippen LogP contribution in [0.15, 0.2) is 23.5 Å². The third-order valence-electron chi connectivity index (χ3n) is 3.46. The van der Waals surface area contributed by atoms with E-state index in [4.69, 9.17) is 11.6 Å². The second-order valence-corrected chi connectivity index (χ2v) is 6.90. The van der Waals surface area contributed by atoms with Gasteiger partial charge in [-0.1, -0.05) is 0 Å². The quantitative estimate of drug-likeness (QED) is 0.776. The third-order valence-corrected chi connectivity index (χ3v) is 5.55. The van der Waals surface area contributed by atoms with Gasteiger partial charge in [-0.2, -0.15) is 4.31 Å². The summed E-state index contributed by atoms with van der Waals surface area (Å²) in [6, 6.07) is 1.61. The van der Waals surface area contributed by atoms with Gasteiger partial charge in [-0.3, -0.25) is 0 Å². The van der Waals surface area contributed by atoms with Gasteiger partial charge >= 0.3 is 0 Å². The molecule has 1 aliphatic heterocycles. The lowest BCUT2D eigenvalue weighted by atomic mass is 10.4. The number of rotatable bonds is 3. The predicted molar refractivity (Wildman–Crippen MR) is 72.6 cm³/mol. The summed E-state index contributed by atoms with van der Waals surface area (Å²) in [6.45, 7) is 1.22. The fourth-order valence-corrected chi connectivity index (χ4v) is 4.00. The van der Waals surface area contributed by atoms with E-state index in [1.165, 1.54) is 4.31 Å².